The highest BCUT2D eigenvalue weighted by Gasteiger charge is 2.22. The lowest BCUT2D eigenvalue weighted by Gasteiger charge is -2.31. The SMILES string of the molecule is CCN(Cc1cc(C)c(CNC2CC2)o1)CC1CCC1. The number of aryl methyl sites for hydroxylation is 1. The summed E-state index contributed by atoms with van der Waals surface area (Å²) in [5, 5.41) is 3.54. The molecule has 3 heteroatoms. The highest BCUT2D eigenvalue weighted by atomic mass is 16.3. The van der Waals surface area contributed by atoms with Gasteiger partial charge in [0.1, 0.15) is 11.5 Å². The van der Waals surface area contributed by atoms with E-state index in [0.717, 1.165) is 43.1 Å². The molecule has 0 amide bonds. The normalized spacial score (nSPS) is 19.6. The van der Waals surface area contributed by atoms with Crippen molar-refractivity contribution in [1.29, 1.82) is 0 Å². The summed E-state index contributed by atoms with van der Waals surface area (Å²) in [7, 11) is 0. The number of hydrogen-bond donors (Lipinski definition) is 1. The monoisotopic (exact) mass is 276 g/mol. The number of nitrogens with zero attached hydrogens (tertiary/aromatic N) is 1. The molecule has 1 N–H and O–H groups in total. The van der Waals surface area contributed by atoms with Crippen molar-refractivity contribution in [3.05, 3.63) is 23.2 Å². The molecule has 0 atom stereocenters. The van der Waals surface area contributed by atoms with E-state index in [-0.39, 0.29) is 0 Å². The maximum Gasteiger partial charge on any atom is 0.120 e. The van der Waals surface area contributed by atoms with E-state index < -0.39 is 0 Å². The Morgan fingerprint density at radius 1 is 1.30 bits per heavy atom. The topological polar surface area (TPSA) is 28.4 Å². The van der Waals surface area contributed by atoms with E-state index in [4.69, 9.17) is 4.42 Å². The molecule has 2 saturated carbocycles. The quantitative estimate of drug-likeness (QED) is 0.788. The van der Waals surface area contributed by atoms with E-state index in [1.165, 1.54) is 44.2 Å². The van der Waals surface area contributed by atoms with Crippen LogP contribution in [0.1, 0.15) is 56.1 Å². The predicted molar refractivity (Wildman–Crippen MR) is 81.6 cm³/mol. The average Bonchev–Trinajstić information content (AvgIpc) is 3.14. The van der Waals surface area contributed by atoms with Crippen molar-refractivity contribution >= 4 is 0 Å². The molecule has 2 aliphatic rings. The standard InChI is InChI=1S/C17H28N2O/c1-3-19(11-14-5-4-6-14)12-16-9-13(2)17(20-16)10-18-15-7-8-15/h9,14-15,18H,3-8,10-12H2,1-2H3. The van der Waals surface area contributed by atoms with Crippen LogP contribution in [0.15, 0.2) is 10.5 Å². The minimum Gasteiger partial charge on any atom is -0.463 e. The largest absolute Gasteiger partial charge is 0.463 e. The van der Waals surface area contributed by atoms with Gasteiger partial charge in [0.2, 0.25) is 0 Å². The average molecular weight is 276 g/mol. The molecule has 20 heavy (non-hydrogen) atoms. The Morgan fingerprint density at radius 2 is 2.10 bits per heavy atom. The van der Waals surface area contributed by atoms with Crippen LogP contribution in [0.3, 0.4) is 0 Å². The van der Waals surface area contributed by atoms with Gasteiger partial charge in [-0.15, -0.1) is 0 Å². The third-order valence-electron chi connectivity index (χ3n) is 4.77. The molecule has 0 unspecified atom stereocenters. The van der Waals surface area contributed by atoms with Gasteiger partial charge in [0.25, 0.3) is 0 Å². The molecule has 3 rings (SSSR count). The van der Waals surface area contributed by atoms with Gasteiger partial charge >= 0.3 is 0 Å². The van der Waals surface area contributed by atoms with Crippen LogP contribution in [0, 0.1) is 12.8 Å². The molecule has 0 radical (unpaired) electrons. The van der Waals surface area contributed by atoms with Crippen LogP contribution in [0.25, 0.3) is 0 Å². The molecule has 112 valence electrons. The van der Waals surface area contributed by atoms with Gasteiger partial charge in [-0.25, -0.2) is 0 Å². The van der Waals surface area contributed by atoms with Gasteiger partial charge in [-0.2, -0.15) is 0 Å². The summed E-state index contributed by atoms with van der Waals surface area (Å²) >= 11 is 0. The van der Waals surface area contributed by atoms with Crippen molar-refractivity contribution in [3.8, 4) is 0 Å². The smallest absolute Gasteiger partial charge is 0.120 e. The lowest BCUT2D eigenvalue weighted by Crippen LogP contribution is -2.31. The molecule has 0 bridgehead atoms. The van der Waals surface area contributed by atoms with Gasteiger partial charge in [0, 0.05) is 12.6 Å². The van der Waals surface area contributed by atoms with Crippen molar-refractivity contribution in [2.45, 2.75) is 65.1 Å². The summed E-state index contributed by atoms with van der Waals surface area (Å²) in [6, 6.07) is 2.97. The second kappa shape index (κ2) is 6.31. The number of rotatable bonds is 8. The van der Waals surface area contributed by atoms with Crippen LogP contribution in [-0.2, 0) is 13.1 Å². The Labute approximate surface area is 122 Å². The third kappa shape index (κ3) is 3.64. The summed E-state index contributed by atoms with van der Waals surface area (Å²) in [6.07, 6.45) is 6.93. The molecule has 1 aromatic rings. The molecule has 1 heterocycles. The zero-order valence-corrected chi connectivity index (χ0v) is 13.0. The van der Waals surface area contributed by atoms with Crippen LogP contribution in [0.5, 0.6) is 0 Å². The molecule has 0 spiro atoms. The van der Waals surface area contributed by atoms with Gasteiger partial charge in [-0.1, -0.05) is 13.3 Å². The molecule has 0 aliphatic heterocycles. The molecule has 3 nitrogen and oxygen atoms in total. The molecule has 0 saturated heterocycles. The van der Waals surface area contributed by atoms with Gasteiger partial charge in [-0.3, -0.25) is 4.90 Å². The number of furan rings is 1. The zero-order chi connectivity index (χ0) is 13.9. The van der Waals surface area contributed by atoms with Crippen LogP contribution in [0.4, 0.5) is 0 Å². The molecule has 2 fully saturated rings. The predicted octanol–water partition coefficient (Wildman–Crippen LogP) is 3.46. The van der Waals surface area contributed by atoms with E-state index in [1.807, 2.05) is 0 Å². The highest BCUT2D eigenvalue weighted by molar-refractivity contribution is 5.20. The van der Waals surface area contributed by atoms with Crippen molar-refractivity contribution in [3.63, 3.8) is 0 Å². The van der Waals surface area contributed by atoms with Gasteiger partial charge in [-0.05, 0) is 56.7 Å². The fourth-order valence-corrected chi connectivity index (χ4v) is 2.93. The van der Waals surface area contributed by atoms with Gasteiger partial charge in [0.15, 0.2) is 0 Å². The Hall–Kier alpha value is -0.800. The van der Waals surface area contributed by atoms with Crippen molar-refractivity contribution < 1.29 is 4.42 Å². The van der Waals surface area contributed by atoms with Crippen LogP contribution < -0.4 is 5.32 Å². The van der Waals surface area contributed by atoms with Crippen LogP contribution >= 0.6 is 0 Å². The van der Waals surface area contributed by atoms with Crippen LogP contribution in [-0.4, -0.2) is 24.0 Å². The molecular weight excluding hydrogens is 248 g/mol. The van der Waals surface area contributed by atoms with E-state index in [9.17, 15) is 0 Å². The summed E-state index contributed by atoms with van der Waals surface area (Å²) in [5.41, 5.74) is 1.30. The first kappa shape index (κ1) is 14.2. The minimum atomic E-state index is 0.744. The van der Waals surface area contributed by atoms with E-state index in [1.54, 1.807) is 0 Å². The number of nitrogens with one attached hydrogen (secondary N) is 1. The highest BCUT2D eigenvalue weighted by Crippen LogP contribution is 2.28. The fourth-order valence-electron chi connectivity index (χ4n) is 2.93. The first-order valence-electron chi connectivity index (χ1n) is 8.28. The summed E-state index contributed by atoms with van der Waals surface area (Å²) in [5.74, 6) is 3.20. The first-order chi connectivity index (χ1) is 9.74. The lowest BCUT2D eigenvalue weighted by molar-refractivity contribution is 0.168. The Bertz CT molecular complexity index is 432. The molecule has 2 aliphatic carbocycles. The van der Waals surface area contributed by atoms with Crippen LogP contribution in [0.2, 0.25) is 0 Å². The minimum absolute atomic E-state index is 0.744. The Morgan fingerprint density at radius 3 is 2.70 bits per heavy atom. The summed E-state index contributed by atoms with van der Waals surface area (Å²) in [4.78, 5) is 2.53. The van der Waals surface area contributed by atoms with Gasteiger partial charge < -0.3 is 9.73 Å². The van der Waals surface area contributed by atoms with E-state index in [2.05, 4.69) is 30.1 Å². The van der Waals surface area contributed by atoms with Crippen molar-refractivity contribution in [1.82, 2.24) is 10.2 Å². The maximum atomic E-state index is 6.05. The molecule has 1 aromatic heterocycles. The van der Waals surface area contributed by atoms with Crippen molar-refractivity contribution in [2.24, 2.45) is 5.92 Å². The fraction of sp³-hybridized carbons (Fsp3) is 0.765. The second-order valence-electron chi connectivity index (χ2n) is 6.60. The molecular formula is C17H28N2O. The van der Waals surface area contributed by atoms with Crippen molar-refractivity contribution in [2.75, 3.05) is 13.1 Å². The molecule has 0 aromatic carbocycles. The zero-order valence-electron chi connectivity index (χ0n) is 13.0. The first-order valence-corrected chi connectivity index (χ1v) is 8.28. The van der Waals surface area contributed by atoms with Gasteiger partial charge in [0.05, 0.1) is 13.1 Å². The summed E-state index contributed by atoms with van der Waals surface area (Å²) < 4.78 is 6.05. The second-order valence-corrected chi connectivity index (χ2v) is 6.60. The lowest BCUT2D eigenvalue weighted by atomic mass is 9.85. The Kier molecular flexibility index (Phi) is 4.47. The van der Waals surface area contributed by atoms with E-state index in [0.29, 0.717) is 0 Å². The number of hydrogen-bond acceptors (Lipinski definition) is 3. The summed E-state index contributed by atoms with van der Waals surface area (Å²) in [6.45, 7) is 8.64. The van der Waals surface area contributed by atoms with E-state index >= 15 is 0 Å². The Balaban J connectivity index is 1.53. The third-order valence-corrected chi connectivity index (χ3v) is 4.77. The maximum absolute atomic E-state index is 6.05.